The first kappa shape index (κ1) is 8.41. The summed E-state index contributed by atoms with van der Waals surface area (Å²) in [7, 11) is 0. The lowest BCUT2D eigenvalue weighted by atomic mass is 9.93. The summed E-state index contributed by atoms with van der Waals surface area (Å²) in [5, 5.41) is 10.1. The van der Waals surface area contributed by atoms with Crippen molar-refractivity contribution in [2.45, 2.75) is 37.9 Å². The van der Waals surface area contributed by atoms with Crippen molar-refractivity contribution >= 4 is 11.8 Å². The number of thioether (sulfide) groups is 1. The average molecular weight is 160 g/mol. The van der Waals surface area contributed by atoms with Crippen LogP contribution in [0.1, 0.15) is 27.2 Å². The predicted molar refractivity (Wildman–Crippen MR) is 46.0 cm³/mol. The SMILES string of the molecule is CC[C@H]1SC(O)[C@@H](C)[C@@H]1C. The van der Waals surface area contributed by atoms with Gasteiger partial charge in [0.15, 0.2) is 0 Å². The molecule has 1 heterocycles. The van der Waals surface area contributed by atoms with Crippen molar-refractivity contribution in [1.82, 2.24) is 0 Å². The molecule has 60 valence electrons. The van der Waals surface area contributed by atoms with Gasteiger partial charge in [-0.1, -0.05) is 20.8 Å². The van der Waals surface area contributed by atoms with E-state index < -0.39 is 0 Å². The zero-order chi connectivity index (χ0) is 7.72. The Morgan fingerprint density at radius 2 is 1.90 bits per heavy atom. The largest absolute Gasteiger partial charge is 0.382 e. The van der Waals surface area contributed by atoms with Gasteiger partial charge in [0.1, 0.15) is 5.44 Å². The van der Waals surface area contributed by atoms with Gasteiger partial charge < -0.3 is 5.11 Å². The van der Waals surface area contributed by atoms with Crippen LogP contribution in [-0.2, 0) is 0 Å². The molecule has 0 amide bonds. The highest BCUT2D eigenvalue weighted by Gasteiger charge is 2.36. The maximum Gasteiger partial charge on any atom is 0.102 e. The maximum absolute atomic E-state index is 9.43. The van der Waals surface area contributed by atoms with Crippen LogP contribution in [0.4, 0.5) is 0 Å². The van der Waals surface area contributed by atoms with Gasteiger partial charge in [0, 0.05) is 5.25 Å². The van der Waals surface area contributed by atoms with Crippen molar-refractivity contribution in [3.63, 3.8) is 0 Å². The number of aliphatic hydroxyl groups is 1. The first-order valence-electron chi connectivity index (χ1n) is 4.00. The molecule has 1 aliphatic rings. The summed E-state index contributed by atoms with van der Waals surface area (Å²) >= 11 is 1.74. The van der Waals surface area contributed by atoms with Crippen LogP contribution >= 0.6 is 11.8 Å². The Kier molecular flexibility index (Phi) is 2.64. The topological polar surface area (TPSA) is 20.2 Å². The van der Waals surface area contributed by atoms with E-state index >= 15 is 0 Å². The zero-order valence-corrected chi connectivity index (χ0v) is 7.69. The van der Waals surface area contributed by atoms with Gasteiger partial charge >= 0.3 is 0 Å². The van der Waals surface area contributed by atoms with Gasteiger partial charge in [-0.2, -0.15) is 0 Å². The molecular formula is C8H16OS. The molecule has 1 N–H and O–H groups in total. The minimum absolute atomic E-state index is 0.111. The van der Waals surface area contributed by atoms with Gasteiger partial charge in [0.25, 0.3) is 0 Å². The van der Waals surface area contributed by atoms with Crippen LogP contribution in [-0.4, -0.2) is 15.8 Å². The predicted octanol–water partition coefficient (Wildman–Crippen LogP) is 2.10. The van der Waals surface area contributed by atoms with E-state index in [9.17, 15) is 5.11 Å². The van der Waals surface area contributed by atoms with Gasteiger partial charge in [-0.05, 0) is 18.3 Å². The normalized spacial score (nSPS) is 48.0. The van der Waals surface area contributed by atoms with E-state index in [-0.39, 0.29) is 5.44 Å². The van der Waals surface area contributed by atoms with E-state index in [2.05, 4.69) is 20.8 Å². The van der Waals surface area contributed by atoms with Crippen LogP contribution in [0.2, 0.25) is 0 Å². The van der Waals surface area contributed by atoms with Gasteiger partial charge in [-0.3, -0.25) is 0 Å². The Morgan fingerprint density at radius 1 is 1.30 bits per heavy atom. The van der Waals surface area contributed by atoms with E-state index in [1.165, 1.54) is 6.42 Å². The Hall–Kier alpha value is 0.310. The molecule has 0 saturated carbocycles. The Labute approximate surface area is 67.2 Å². The minimum atomic E-state index is -0.111. The molecule has 0 radical (unpaired) electrons. The van der Waals surface area contributed by atoms with Gasteiger partial charge in [0.05, 0.1) is 0 Å². The quantitative estimate of drug-likeness (QED) is 0.634. The molecular weight excluding hydrogens is 144 g/mol. The van der Waals surface area contributed by atoms with Crippen LogP contribution in [0.3, 0.4) is 0 Å². The van der Waals surface area contributed by atoms with E-state index in [1.807, 2.05) is 0 Å². The molecule has 1 unspecified atom stereocenters. The van der Waals surface area contributed by atoms with Crippen LogP contribution < -0.4 is 0 Å². The lowest BCUT2D eigenvalue weighted by Gasteiger charge is -2.13. The monoisotopic (exact) mass is 160 g/mol. The smallest absolute Gasteiger partial charge is 0.102 e. The molecule has 2 heteroatoms. The third-order valence-electron chi connectivity index (χ3n) is 2.58. The first-order valence-corrected chi connectivity index (χ1v) is 4.94. The summed E-state index contributed by atoms with van der Waals surface area (Å²) < 4.78 is 0. The number of aliphatic hydroxyl groups excluding tert-OH is 1. The third kappa shape index (κ3) is 1.32. The van der Waals surface area contributed by atoms with Gasteiger partial charge in [0.2, 0.25) is 0 Å². The fourth-order valence-electron chi connectivity index (χ4n) is 1.49. The molecule has 0 aromatic rings. The van der Waals surface area contributed by atoms with Crippen LogP contribution in [0.5, 0.6) is 0 Å². The Morgan fingerprint density at radius 3 is 2.10 bits per heavy atom. The van der Waals surface area contributed by atoms with E-state index in [0.29, 0.717) is 17.1 Å². The second kappa shape index (κ2) is 3.14. The fraction of sp³-hybridized carbons (Fsp3) is 1.00. The van der Waals surface area contributed by atoms with Crippen LogP contribution in [0.15, 0.2) is 0 Å². The second-order valence-electron chi connectivity index (χ2n) is 3.19. The maximum atomic E-state index is 9.43. The van der Waals surface area contributed by atoms with Gasteiger partial charge in [-0.25, -0.2) is 0 Å². The van der Waals surface area contributed by atoms with E-state index in [1.54, 1.807) is 11.8 Å². The van der Waals surface area contributed by atoms with Gasteiger partial charge in [-0.15, -0.1) is 11.8 Å². The highest BCUT2D eigenvalue weighted by Crippen LogP contribution is 2.42. The molecule has 1 fully saturated rings. The van der Waals surface area contributed by atoms with Crippen molar-refractivity contribution in [3.8, 4) is 0 Å². The van der Waals surface area contributed by atoms with Crippen LogP contribution in [0, 0.1) is 11.8 Å². The molecule has 0 aromatic heterocycles. The number of hydrogen-bond acceptors (Lipinski definition) is 2. The fourth-order valence-corrected chi connectivity index (χ4v) is 3.04. The molecule has 1 nitrogen and oxygen atoms in total. The summed E-state index contributed by atoms with van der Waals surface area (Å²) in [5.74, 6) is 1.17. The standard InChI is InChI=1S/C8H16OS/c1-4-7-5(2)6(3)8(9)10-7/h5-9H,4H2,1-3H3/t5-,6-,7+,8?/m0/s1. The van der Waals surface area contributed by atoms with Crippen molar-refractivity contribution in [2.75, 3.05) is 0 Å². The minimum Gasteiger partial charge on any atom is -0.382 e. The molecule has 10 heavy (non-hydrogen) atoms. The summed E-state index contributed by atoms with van der Waals surface area (Å²) in [6.07, 6.45) is 1.19. The summed E-state index contributed by atoms with van der Waals surface area (Å²) in [6, 6.07) is 0. The summed E-state index contributed by atoms with van der Waals surface area (Å²) in [5.41, 5.74) is -0.111. The van der Waals surface area contributed by atoms with Crippen molar-refractivity contribution in [1.29, 1.82) is 0 Å². The highest BCUT2D eigenvalue weighted by atomic mass is 32.2. The van der Waals surface area contributed by atoms with E-state index in [0.717, 1.165) is 0 Å². The second-order valence-corrected chi connectivity index (χ2v) is 4.55. The summed E-state index contributed by atoms with van der Waals surface area (Å²) in [6.45, 7) is 6.57. The third-order valence-corrected chi connectivity index (χ3v) is 4.40. The molecule has 0 spiro atoms. The van der Waals surface area contributed by atoms with Crippen molar-refractivity contribution < 1.29 is 5.11 Å². The Balaban J connectivity index is 2.53. The summed E-state index contributed by atoms with van der Waals surface area (Å²) in [4.78, 5) is 0. The molecule has 4 atom stereocenters. The zero-order valence-electron chi connectivity index (χ0n) is 6.87. The highest BCUT2D eigenvalue weighted by molar-refractivity contribution is 8.00. The molecule has 1 rings (SSSR count). The number of rotatable bonds is 1. The lowest BCUT2D eigenvalue weighted by Crippen LogP contribution is -2.15. The Bertz CT molecular complexity index is 116. The lowest BCUT2D eigenvalue weighted by molar-refractivity contribution is 0.180. The average Bonchev–Trinajstić information content (AvgIpc) is 2.17. The van der Waals surface area contributed by atoms with E-state index in [4.69, 9.17) is 0 Å². The molecule has 1 saturated heterocycles. The number of hydrogen-bond donors (Lipinski definition) is 1. The molecule has 1 aliphatic heterocycles. The van der Waals surface area contributed by atoms with Crippen LogP contribution in [0.25, 0.3) is 0 Å². The molecule has 0 bridgehead atoms. The molecule has 0 aromatic carbocycles. The first-order chi connectivity index (χ1) is 4.66. The molecule has 0 aliphatic carbocycles. The van der Waals surface area contributed by atoms with Crippen molar-refractivity contribution in [2.24, 2.45) is 11.8 Å². The van der Waals surface area contributed by atoms with Crippen molar-refractivity contribution in [3.05, 3.63) is 0 Å².